The van der Waals surface area contributed by atoms with Crippen molar-refractivity contribution in [1.29, 1.82) is 0 Å². The number of aromatic hydroxyl groups is 2. The second-order valence-electron chi connectivity index (χ2n) is 5.60. The molecule has 0 atom stereocenters. The van der Waals surface area contributed by atoms with Crippen LogP contribution in [0.25, 0.3) is 0 Å². The third kappa shape index (κ3) is 2.68. The Morgan fingerprint density at radius 3 is 1.95 bits per heavy atom. The van der Waals surface area contributed by atoms with E-state index in [0.29, 0.717) is 5.92 Å². The van der Waals surface area contributed by atoms with E-state index in [1.807, 2.05) is 35.7 Å². The lowest BCUT2D eigenvalue weighted by atomic mass is 9.91. The van der Waals surface area contributed by atoms with Crippen LogP contribution < -0.4 is 0 Å². The van der Waals surface area contributed by atoms with Crippen LogP contribution in [0.4, 0.5) is 0 Å². The maximum absolute atomic E-state index is 9.82. The molecule has 1 aromatic rings. The van der Waals surface area contributed by atoms with Crippen molar-refractivity contribution in [1.82, 2.24) is 0 Å². The van der Waals surface area contributed by atoms with Crippen LogP contribution in [0, 0.1) is 5.92 Å². The molecule has 1 heterocycles. The minimum Gasteiger partial charge on any atom is -0.508 e. The molecule has 0 spiro atoms. The van der Waals surface area contributed by atoms with Crippen LogP contribution in [0.1, 0.15) is 44.1 Å². The normalized spacial score (nSPS) is 22.8. The van der Waals surface area contributed by atoms with Gasteiger partial charge < -0.3 is 10.2 Å². The first-order chi connectivity index (χ1) is 9.71. The van der Waals surface area contributed by atoms with E-state index >= 15 is 0 Å². The van der Waals surface area contributed by atoms with E-state index in [1.54, 1.807) is 0 Å². The molecule has 1 aromatic carbocycles. The smallest absolute Gasteiger partial charge is 0.119 e. The Morgan fingerprint density at radius 2 is 1.40 bits per heavy atom. The average Bonchev–Trinajstić information content (AvgIpc) is 2.75. The van der Waals surface area contributed by atoms with Gasteiger partial charge >= 0.3 is 0 Å². The fourth-order valence-corrected chi connectivity index (χ4v) is 6.07. The molecule has 0 radical (unpaired) electrons. The first kappa shape index (κ1) is 14.2. The molecule has 0 aromatic heterocycles. The summed E-state index contributed by atoms with van der Waals surface area (Å²) >= 11 is 3.67. The second-order valence-corrected chi connectivity index (χ2v) is 8.16. The number of benzene rings is 1. The Balaban J connectivity index is 1.98. The zero-order chi connectivity index (χ0) is 14.0. The van der Waals surface area contributed by atoms with E-state index in [2.05, 4.69) is 10.8 Å². The lowest BCUT2D eigenvalue weighted by Crippen LogP contribution is -2.26. The van der Waals surface area contributed by atoms with E-state index in [9.17, 15) is 10.2 Å². The van der Waals surface area contributed by atoms with Gasteiger partial charge in [0.05, 0.1) is 4.08 Å². The van der Waals surface area contributed by atoms with Crippen molar-refractivity contribution in [3.05, 3.63) is 34.6 Å². The molecule has 0 saturated heterocycles. The first-order valence-electron chi connectivity index (χ1n) is 7.25. The van der Waals surface area contributed by atoms with Gasteiger partial charge in [-0.2, -0.15) is 0 Å². The highest BCUT2D eigenvalue weighted by molar-refractivity contribution is 8.22. The highest BCUT2D eigenvalue weighted by Gasteiger charge is 2.43. The molecule has 3 rings (SSSR count). The van der Waals surface area contributed by atoms with Crippen molar-refractivity contribution in [3.63, 3.8) is 0 Å². The summed E-state index contributed by atoms with van der Waals surface area (Å²) in [5.41, 5.74) is 1.04. The van der Waals surface area contributed by atoms with Crippen molar-refractivity contribution >= 4 is 23.5 Å². The first-order valence-corrected chi connectivity index (χ1v) is 9.01. The number of phenols is 2. The molecule has 0 bridgehead atoms. The number of hydrogen-bond acceptors (Lipinski definition) is 4. The van der Waals surface area contributed by atoms with E-state index in [-0.39, 0.29) is 15.6 Å². The van der Waals surface area contributed by atoms with Crippen LogP contribution >= 0.6 is 23.5 Å². The van der Waals surface area contributed by atoms with Gasteiger partial charge in [0.15, 0.2) is 0 Å². The summed E-state index contributed by atoms with van der Waals surface area (Å²) in [6, 6.07) is 5.04. The molecular formula is C16H20O2S2. The molecular weight excluding hydrogens is 288 g/mol. The van der Waals surface area contributed by atoms with Crippen LogP contribution in [-0.2, 0) is 4.08 Å². The van der Waals surface area contributed by atoms with Gasteiger partial charge in [-0.3, -0.25) is 0 Å². The largest absolute Gasteiger partial charge is 0.508 e. The summed E-state index contributed by atoms with van der Waals surface area (Å²) in [6.07, 6.45) is 7.72. The van der Waals surface area contributed by atoms with Crippen LogP contribution in [-0.4, -0.2) is 10.2 Å². The van der Waals surface area contributed by atoms with Gasteiger partial charge in [0.25, 0.3) is 0 Å². The van der Waals surface area contributed by atoms with E-state index in [4.69, 9.17) is 0 Å². The lowest BCUT2D eigenvalue weighted by molar-refractivity contribution is 0.419. The second kappa shape index (κ2) is 5.94. The Hall–Kier alpha value is -0.740. The Bertz CT molecular complexity index is 477. The highest BCUT2D eigenvalue weighted by Crippen LogP contribution is 2.60. The third-order valence-electron chi connectivity index (χ3n) is 4.24. The molecule has 0 amide bonds. The number of hydrogen-bond donors (Lipinski definition) is 2. The molecule has 4 heteroatoms. The minimum absolute atomic E-state index is 0.0689. The van der Waals surface area contributed by atoms with Gasteiger partial charge in [0, 0.05) is 6.07 Å². The molecule has 1 fully saturated rings. The predicted molar refractivity (Wildman–Crippen MR) is 87.0 cm³/mol. The summed E-state index contributed by atoms with van der Waals surface area (Å²) in [5.74, 6) is 0.901. The Morgan fingerprint density at radius 1 is 0.850 bits per heavy atom. The van der Waals surface area contributed by atoms with Crippen molar-refractivity contribution in [2.75, 3.05) is 0 Å². The lowest BCUT2D eigenvalue weighted by Gasteiger charge is -2.36. The van der Waals surface area contributed by atoms with Crippen molar-refractivity contribution in [2.24, 2.45) is 5.92 Å². The number of thioether (sulfide) groups is 2. The minimum atomic E-state index is -0.0689. The Kier molecular flexibility index (Phi) is 4.22. The van der Waals surface area contributed by atoms with E-state index < -0.39 is 0 Å². The summed E-state index contributed by atoms with van der Waals surface area (Å²) < 4.78 is -0.0689. The molecule has 1 saturated carbocycles. The monoisotopic (exact) mass is 308 g/mol. The van der Waals surface area contributed by atoms with Crippen molar-refractivity contribution in [2.45, 2.75) is 42.6 Å². The summed E-state index contributed by atoms with van der Waals surface area (Å²) in [7, 11) is 0. The van der Waals surface area contributed by atoms with E-state index in [1.165, 1.54) is 44.6 Å². The summed E-state index contributed by atoms with van der Waals surface area (Å²) in [6.45, 7) is 0. The Labute approximate surface area is 128 Å². The summed E-state index contributed by atoms with van der Waals surface area (Å²) in [4.78, 5) is 0. The zero-order valence-electron chi connectivity index (χ0n) is 11.4. The highest BCUT2D eigenvalue weighted by atomic mass is 32.2. The molecule has 20 heavy (non-hydrogen) atoms. The summed E-state index contributed by atoms with van der Waals surface area (Å²) in [5, 5.41) is 23.9. The molecule has 2 nitrogen and oxygen atoms in total. The SMILES string of the molecule is Oc1cc(O)cc(C2(C3CCCCCC3)SC=CS2)c1. The topological polar surface area (TPSA) is 40.5 Å². The van der Waals surface area contributed by atoms with Crippen molar-refractivity contribution in [3.8, 4) is 11.5 Å². The van der Waals surface area contributed by atoms with Crippen LogP contribution in [0.3, 0.4) is 0 Å². The van der Waals surface area contributed by atoms with Gasteiger partial charge in [-0.1, -0.05) is 25.7 Å². The molecule has 2 aliphatic rings. The van der Waals surface area contributed by atoms with Crippen LogP contribution in [0.5, 0.6) is 11.5 Å². The van der Waals surface area contributed by atoms with Crippen LogP contribution in [0.2, 0.25) is 0 Å². The quantitative estimate of drug-likeness (QED) is 0.739. The maximum atomic E-state index is 9.82. The molecule has 1 aliphatic heterocycles. The van der Waals surface area contributed by atoms with E-state index in [0.717, 1.165) is 5.56 Å². The van der Waals surface area contributed by atoms with Gasteiger partial charge in [0.2, 0.25) is 0 Å². The van der Waals surface area contributed by atoms with Crippen LogP contribution in [0.15, 0.2) is 29.0 Å². The standard InChI is InChI=1S/C16H20O2S2/c17-14-9-13(10-15(18)11-14)16(19-7-8-20-16)12-5-3-1-2-4-6-12/h7-12,17-18H,1-6H2. The molecule has 1 aliphatic carbocycles. The predicted octanol–water partition coefficient (Wildman–Crippen LogP) is 5.17. The van der Waals surface area contributed by atoms with Gasteiger partial charge in [0.1, 0.15) is 11.5 Å². The van der Waals surface area contributed by atoms with Gasteiger partial charge in [-0.05, 0) is 47.3 Å². The fraction of sp³-hybridized carbons (Fsp3) is 0.500. The maximum Gasteiger partial charge on any atom is 0.119 e. The molecule has 0 unspecified atom stereocenters. The number of rotatable bonds is 2. The van der Waals surface area contributed by atoms with Gasteiger partial charge in [-0.15, -0.1) is 23.5 Å². The average molecular weight is 308 g/mol. The molecule has 2 N–H and O–H groups in total. The zero-order valence-corrected chi connectivity index (χ0v) is 13.1. The van der Waals surface area contributed by atoms with Gasteiger partial charge in [-0.25, -0.2) is 0 Å². The number of phenolic OH excluding ortho intramolecular Hbond substituents is 2. The van der Waals surface area contributed by atoms with Crippen molar-refractivity contribution < 1.29 is 10.2 Å². The molecule has 108 valence electrons. The fourth-order valence-electron chi connectivity index (χ4n) is 3.31. The third-order valence-corrected chi connectivity index (χ3v) is 7.37.